The van der Waals surface area contributed by atoms with Crippen molar-refractivity contribution in [1.29, 1.82) is 0 Å². The topological polar surface area (TPSA) is 78.2 Å². The van der Waals surface area contributed by atoms with E-state index in [-0.39, 0.29) is 5.56 Å². The average molecular weight is 435 g/mol. The third-order valence-electron chi connectivity index (χ3n) is 4.85. The summed E-state index contributed by atoms with van der Waals surface area (Å²) in [7, 11) is 1.74. The normalized spacial score (nSPS) is 10.7. The number of anilines is 1. The number of benzene rings is 2. The van der Waals surface area contributed by atoms with Crippen LogP contribution in [0.1, 0.15) is 16.1 Å². The highest BCUT2D eigenvalue weighted by atomic mass is 35.5. The van der Waals surface area contributed by atoms with Crippen molar-refractivity contribution >= 4 is 23.2 Å². The fourth-order valence-electron chi connectivity index (χ4n) is 3.22. The summed E-state index contributed by atoms with van der Waals surface area (Å²) in [6, 6.07) is 17.5. The van der Waals surface area contributed by atoms with Gasteiger partial charge in [-0.15, -0.1) is 0 Å². The monoisotopic (exact) mass is 434 g/mol. The van der Waals surface area contributed by atoms with E-state index in [0.717, 1.165) is 0 Å². The molecule has 7 nitrogen and oxygen atoms in total. The van der Waals surface area contributed by atoms with Gasteiger partial charge < -0.3 is 10.1 Å². The molecule has 2 heterocycles. The van der Waals surface area contributed by atoms with Crippen molar-refractivity contribution in [1.82, 2.24) is 14.3 Å². The number of halogens is 1. The van der Waals surface area contributed by atoms with E-state index in [1.54, 1.807) is 61.4 Å². The third-order valence-corrected chi connectivity index (χ3v) is 5.14. The smallest absolute Gasteiger partial charge is 0.284 e. The van der Waals surface area contributed by atoms with Crippen molar-refractivity contribution in [2.24, 2.45) is 7.05 Å². The van der Waals surface area contributed by atoms with Crippen LogP contribution in [-0.2, 0) is 7.05 Å². The molecule has 1 N–H and O–H groups in total. The highest BCUT2D eigenvalue weighted by Crippen LogP contribution is 2.31. The first-order chi connectivity index (χ1) is 15.0. The van der Waals surface area contributed by atoms with Crippen LogP contribution in [0.5, 0.6) is 11.5 Å². The standard InChI is InChI=1S/C23H19ClN4O3/c1-15-21(23(30)28(27(15)2)17-6-4-3-5-7-17)22(29)26-16-8-9-20(19(24)14-16)31-18-10-12-25-13-11-18/h3-14H,1-2H3,(H,26,29). The van der Waals surface area contributed by atoms with Gasteiger partial charge in [-0.2, -0.15) is 0 Å². The first-order valence-electron chi connectivity index (χ1n) is 9.48. The van der Waals surface area contributed by atoms with Crippen LogP contribution in [0.2, 0.25) is 5.02 Å². The molecule has 0 unspecified atom stereocenters. The Morgan fingerprint density at radius 2 is 1.77 bits per heavy atom. The zero-order chi connectivity index (χ0) is 22.0. The fraction of sp³-hybridized carbons (Fsp3) is 0.0870. The summed E-state index contributed by atoms with van der Waals surface area (Å²) in [6.45, 7) is 1.73. The van der Waals surface area contributed by atoms with Gasteiger partial charge in [-0.25, -0.2) is 4.68 Å². The van der Waals surface area contributed by atoms with Crippen molar-refractivity contribution in [3.05, 3.63) is 99.7 Å². The minimum atomic E-state index is -0.508. The second kappa shape index (κ2) is 8.49. The van der Waals surface area contributed by atoms with Gasteiger partial charge in [0.15, 0.2) is 0 Å². The summed E-state index contributed by atoms with van der Waals surface area (Å²) < 4.78 is 8.84. The Bertz CT molecular complexity index is 1300. The molecule has 4 aromatic rings. The number of nitrogens with zero attached hydrogens (tertiary/aromatic N) is 3. The first-order valence-corrected chi connectivity index (χ1v) is 9.86. The molecule has 2 aromatic heterocycles. The number of amides is 1. The van der Waals surface area contributed by atoms with Gasteiger partial charge in [-0.05, 0) is 49.4 Å². The van der Waals surface area contributed by atoms with Crippen LogP contribution in [-0.4, -0.2) is 20.3 Å². The number of hydrogen-bond acceptors (Lipinski definition) is 4. The van der Waals surface area contributed by atoms with Crippen molar-refractivity contribution in [2.75, 3.05) is 5.32 Å². The Morgan fingerprint density at radius 3 is 2.45 bits per heavy atom. The summed E-state index contributed by atoms with van der Waals surface area (Å²) in [5, 5.41) is 3.07. The van der Waals surface area contributed by atoms with E-state index in [1.807, 2.05) is 30.3 Å². The number of carbonyl (C=O) groups is 1. The quantitative estimate of drug-likeness (QED) is 0.498. The minimum Gasteiger partial charge on any atom is -0.456 e. The van der Waals surface area contributed by atoms with Crippen molar-refractivity contribution < 1.29 is 9.53 Å². The van der Waals surface area contributed by atoms with E-state index in [1.165, 1.54) is 4.68 Å². The maximum Gasteiger partial charge on any atom is 0.284 e. The Morgan fingerprint density at radius 1 is 1.06 bits per heavy atom. The molecule has 31 heavy (non-hydrogen) atoms. The molecular formula is C23H19ClN4O3. The van der Waals surface area contributed by atoms with Gasteiger partial charge in [-0.1, -0.05) is 29.8 Å². The number of para-hydroxylation sites is 1. The van der Waals surface area contributed by atoms with E-state index in [4.69, 9.17) is 16.3 Å². The number of hydrogen-bond donors (Lipinski definition) is 1. The Kier molecular flexibility index (Phi) is 5.60. The second-order valence-corrected chi connectivity index (χ2v) is 7.23. The maximum atomic E-state index is 13.0. The summed E-state index contributed by atoms with van der Waals surface area (Å²) in [5.74, 6) is 0.523. The third kappa shape index (κ3) is 4.08. The Hall–Kier alpha value is -3.84. The van der Waals surface area contributed by atoms with E-state index in [9.17, 15) is 9.59 Å². The molecule has 0 saturated carbocycles. The van der Waals surface area contributed by atoms with Gasteiger partial charge in [-0.3, -0.25) is 19.3 Å². The Balaban J connectivity index is 1.59. The Labute approximate surface area is 183 Å². The first kappa shape index (κ1) is 20.4. The molecule has 2 aromatic carbocycles. The lowest BCUT2D eigenvalue weighted by Crippen LogP contribution is -2.25. The average Bonchev–Trinajstić information content (AvgIpc) is 2.99. The second-order valence-electron chi connectivity index (χ2n) is 6.82. The van der Waals surface area contributed by atoms with E-state index in [2.05, 4.69) is 10.3 Å². The van der Waals surface area contributed by atoms with Gasteiger partial charge in [0, 0.05) is 25.1 Å². The lowest BCUT2D eigenvalue weighted by Gasteiger charge is -2.10. The molecule has 0 aliphatic heterocycles. The molecule has 156 valence electrons. The predicted molar refractivity (Wildman–Crippen MR) is 119 cm³/mol. The molecule has 0 fully saturated rings. The van der Waals surface area contributed by atoms with Crippen molar-refractivity contribution in [2.45, 2.75) is 6.92 Å². The highest BCUT2D eigenvalue weighted by molar-refractivity contribution is 6.32. The molecule has 0 aliphatic carbocycles. The molecule has 0 atom stereocenters. The van der Waals surface area contributed by atoms with Gasteiger partial charge in [0.25, 0.3) is 11.5 Å². The lowest BCUT2D eigenvalue weighted by atomic mass is 10.2. The molecule has 4 rings (SSSR count). The van der Waals surface area contributed by atoms with Crippen molar-refractivity contribution in [3.8, 4) is 17.2 Å². The zero-order valence-corrected chi connectivity index (χ0v) is 17.6. The lowest BCUT2D eigenvalue weighted by molar-refractivity contribution is 0.102. The summed E-state index contributed by atoms with van der Waals surface area (Å²) >= 11 is 6.32. The molecule has 1 amide bonds. The number of pyridine rings is 1. The van der Waals surface area contributed by atoms with Crippen LogP contribution < -0.4 is 15.6 Å². The molecule has 0 spiro atoms. The predicted octanol–water partition coefficient (Wildman–Crippen LogP) is 4.58. The minimum absolute atomic E-state index is 0.0691. The zero-order valence-electron chi connectivity index (χ0n) is 16.9. The molecule has 0 aliphatic rings. The van der Waals surface area contributed by atoms with E-state index < -0.39 is 11.5 Å². The fourth-order valence-corrected chi connectivity index (χ4v) is 3.44. The van der Waals surface area contributed by atoms with Crippen LogP contribution in [0, 0.1) is 6.92 Å². The van der Waals surface area contributed by atoms with Crippen LogP contribution >= 0.6 is 11.6 Å². The molecule has 8 heteroatoms. The van der Waals surface area contributed by atoms with Gasteiger partial charge in [0.2, 0.25) is 0 Å². The van der Waals surface area contributed by atoms with E-state index in [0.29, 0.717) is 33.6 Å². The number of carbonyl (C=O) groups excluding carboxylic acids is 1. The van der Waals surface area contributed by atoms with Gasteiger partial charge >= 0.3 is 0 Å². The number of ether oxygens (including phenoxy) is 1. The van der Waals surface area contributed by atoms with E-state index >= 15 is 0 Å². The molecule has 0 saturated heterocycles. The SMILES string of the molecule is Cc1c(C(=O)Nc2ccc(Oc3ccncc3)c(Cl)c2)c(=O)n(-c2ccccc2)n1C. The van der Waals surface area contributed by atoms with Crippen LogP contribution in [0.25, 0.3) is 5.69 Å². The summed E-state index contributed by atoms with van der Waals surface area (Å²) in [6.07, 6.45) is 3.23. The van der Waals surface area contributed by atoms with Gasteiger partial charge in [0.05, 0.1) is 16.4 Å². The largest absolute Gasteiger partial charge is 0.456 e. The number of aromatic nitrogens is 3. The summed E-state index contributed by atoms with van der Waals surface area (Å²) in [5.41, 5.74) is 1.35. The maximum absolute atomic E-state index is 13.0. The summed E-state index contributed by atoms with van der Waals surface area (Å²) in [4.78, 5) is 29.9. The highest BCUT2D eigenvalue weighted by Gasteiger charge is 2.22. The van der Waals surface area contributed by atoms with Gasteiger partial charge in [0.1, 0.15) is 17.1 Å². The number of nitrogens with one attached hydrogen (secondary N) is 1. The molecule has 0 bridgehead atoms. The van der Waals surface area contributed by atoms with Crippen LogP contribution in [0.15, 0.2) is 77.9 Å². The van der Waals surface area contributed by atoms with Crippen LogP contribution in [0.4, 0.5) is 5.69 Å². The number of rotatable bonds is 5. The molecular weight excluding hydrogens is 416 g/mol. The van der Waals surface area contributed by atoms with Crippen LogP contribution in [0.3, 0.4) is 0 Å². The molecule has 0 radical (unpaired) electrons. The van der Waals surface area contributed by atoms with Crippen molar-refractivity contribution in [3.63, 3.8) is 0 Å².